The van der Waals surface area contributed by atoms with Gasteiger partial charge < -0.3 is 18.9 Å². The SMILES string of the molecule is COc1ccc(C=NCCCOCCOCCOCN=Cc2ccc(C=O)cc2)cc1. The summed E-state index contributed by atoms with van der Waals surface area (Å²) in [6.07, 6.45) is 5.25. The highest BCUT2D eigenvalue weighted by atomic mass is 16.5. The van der Waals surface area contributed by atoms with E-state index in [1.807, 2.05) is 42.6 Å². The van der Waals surface area contributed by atoms with Crippen LogP contribution in [0, 0.1) is 0 Å². The standard InChI is InChI=1S/C24H30N2O5/c1-28-24-9-7-22(8-10-24)17-25-11-2-12-29-13-14-30-15-16-31-20-26-18-21-3-5-23(19-27)6-4-21/h3-10,17-19H,2,11-16,20H2,1H3. The maximum absolute atomic E-state index is 10.6. The number of methoxy groups -OCH3 is 1. The van der Waals surface area contributed by atoms with Crippen LogP contribution in [0.5, 0.6) is 5.75 Å². The van der Waals surface area contributed by atoms with Crippen molar-refractivity contribution in [2.24, 2.45) is 9.98 Å². The highest BCUT2D eigenvalue weighted by molar-refractivity contribution is 5.82. The Morgan fingerprint density at radius 2 is 1.26 bits per heavy atom. The van der Waals surface area contributed by atoms with E-state index in [9.17, 15) is 4.79 Å². The first-order chi connectivity index (χ1) is 15.3. The third-order valence-electron chi connectivity index (χ3n) is 4.15. The predicted molar refractivity (Wildman–Crippen MR) is 122 cm³/mol. The van der Waals surface area contributed by atoms with Gasteiger partial charge in [-0.15, -0.1) is 0 Å². The van der Waals surface area contributed by atoms with Gasteiger partial charge in [0.1, 0.15) is 18.8 Å². The van der Waals surface area contributed by atoms with Gasteiger partial charge in [0.15, 0.2) is 0 Å². The summed E-state index contributed by atoms with van der Waals surface area (Å²) in [7, 11) is 1.65. The van der Waals surface area contributed by atoms with Crippen LogP contribution in [0.15, 0.2) is 58.5 Å². The molecule has 0 aliphatic carbocycles. The molecule has 2 aromatic carbocycles. The Kier molecular flexibility index (Phi) is 12.5. The minimum atomic E-state index is 0.270. The number of aliphatic imine (C=N–C) groups is 2. The second-order valence-electron chi connectivity index (χ2n) is 6.52. The smallest absolute Gasteiger partial charge is 0.150 e. The Bertz CT molecular complexity index is 789. The largest absolute Gasteiger partial charge is 0.497 e. The fourth-order valence-corrected chi connectivity index (χ4v) is 2.48. The van der Waals surface area contributed by atoms with E-state index >= 15 is 0 Å². The van der Waals surface area contributed by atoms with Gasteiger partial charge in [0.2, 0.25) is 0 Å². The zero-order chi connectivity index (χ0) is 22.0. The molecule has 0 aliphatic heterocycles. The first-order valence-corrected chi connectivity index (χ1v) is 10.2. The van der Waals surface area contributed by atoms with Crippen molar-refractivity contribution < 1.29 is 23.7 Å². The molecule has 166 valence electrons. The van der Waals surface area contributed by atoms with E-state index in [4.69, 9.17) is 18.9 Å². The van der Waals surface area contributed by atoms with E-state index in [1.54, 1.807) is 25.5 Å². The van der Waals surface area contributed by atoms with E-state index in [0.717, 1.165) is 36.1 Å². The van der Waals surface area contributed by atoms with Crippen molar-refractivity contribution in [2.75, 3.05) is 53.4 Å². The molecule has 0 aromatic heterocycles. The number of benzene rings is 2. The summed E-state index contributed by atoms with van der Waals surface area (Å²) in [5.41, 5.74) is 2.62. The van der Waals surface area contributed by atoms with E-state index < -0.39 is 0 Å². The Hall–Kier alpha value is -2.87. The minimum Gasteiger partial charge on any atom is -0.497 e. The average molecular weight is 427 g/mol. The molecule has 31 heavy (non-hydrogen) atoms. The van der Waals surface area contributed by atoms with Gasteiger partial charge in [0.05, 0.1) is 33.5 Å². The molecule has 0 radical (unpaired) electrons. The van der Waals surface area contributed by atoms with Gasteiger partial charge >= 0.3 is 0 Å². The molecule has 0 N–H and O–H groups in total. The van der Waals surface area contributed by atoms with Crippen LogP contribution < -0.4 is 4.74 Å². The molecule has 0 unspecified atom stereocenters. The number of hydrogen-bond acceptors (Lipinski definition) is 7. The summed E-state index contributed by atoms with van der Waals surface area (Å²) in [5, 5.41) is 0. The molecule has 0 atom stereocenters. The maximum Gasteiger partial charge on any atom is 0.150 e. The van der Waals surface area contributed by atoms with Gasteiger partial charge in [-0.3, -0.25) is 14.8 Å². The normalized spacial score (nSPS) is 11.4. The molecule has 0 saturated heterocycles. The minimum absolute atomic E-state index is 0.270. The first-order valence-electron chi connectivity index (χ1n) is 10.2. The van der Waals surface area contributed by atoms with Crippen molar-refractivity contribution in [1.29, 1.82) is 0 Å². The van der Waals surface area contributed by atoms with Gasteiger partial charge in [-0.1, -0.05) is 24.3 Å². The van der Waals surface area contributed by atoms with Gasteiger partial charge in [0, 0.05) is 31.1 Å². The van der Waals surface area contributed by atoms with Crippen molar-refractivity contribution in [3.8, 4) is 5.75 Å². The summed E-state index contributed by atoms with van der Waals surface area (Å²) in [6, 6.07) is 15.0. The van der Waals surface area contributed by atoms with E-state index in [-0.39, 0.29) is 6.73 Å². The van der Waals surface area contributed by atoms with Crippen molar-refractivity contribution in [3.63, 3.8) is 0 Å². The summed E-state index contributed by atoms with van der Waals surface area (Å²) in [6.45, 7) is 3.71. The Morgan fingerprint density at radius 3 is 1.90 bits per heavy atom. The number of hydrogen-bond donors (Lipinski definition) is 0. The highest BCUT2D eigenvalue weighted by Gasteiger charge is 1.93. The molecule has 7 nitrogen and oxygen atoms in total. The highest BCUT2D eigenvalue weighted by Crippen LogP contribution is 2.09. The number of nitrogens with zero attached hydrogens (tertiary/aromatic N) is 2. The van der Waals surface area contributed by atoms with Crippen LogP contribution in [0.2, 0.25) is 0 Å². The van der Waals surface area contributed by atoms with Gasteiger partial charge in [-0.25, -0.2) is 0 Å². The van der Waals surface area contributed by atoms with Crippen molar-refractivity contribution in [1.82, 2.24) is 0 Å². The molecule has 0 amide bonds. The van der Waals surface area contributed by atoms with Crippen LogP contribution in [-0.2, 0) is 14.2 Å². The second kappa shape index (κ2) is 15.9. The number of aldehydes is 1. The van der Waals surface area contributed by atoms with Crippen LogP contribution in [0.1, 0.15) is 27.9 Å². The van der Waals surface area contributed by atoms with Crippen molar-refractivity contribution in [2.45, 2.75) is 6.42 Å². The number of carbonyl (C=O) groups is 1. The Labute approximate surface area is 183 Å². The fraction of sp³-hybridized carbons (Fsp3) is 0.375. The lowest BCUT2D eigenvalue weighted by molar-refractivity contribution is 0.0159. The van der Waals surface area contributed by atoms with Crippen molar-refractivity contribution in [3.05, 3.63) is 65.2 Å². The van der Waals surface area contributed by atoms with Crippen LogP contribution in [0.4, 0.5) is 0 Å². The molecule has 0 spiro atoms. The van der Waals surface area contributed by atoms with Gasteiger partial charge in [-0.2, -0.15) is 0 Å². The summed E-state index contributed by atoms with van der Waals surface area (Å²) in [5.74, 6) is 0.840. The molecule has 0 fully saturated rings. The predicted octanol–water partition coefficient (Wildman–Crippen LogP) is 3.44. The summed E-state index contributed by atoms with van der Waals surface area (Å²) >= 11 is 0. The number of rotatable bonds is 16. The zero-order valence-corrected chi connectivity index (χ0v) is 17.9. The molecule has 0 aliphatic rings. The molecular weight excluding hydrogens is 396 g/mol. The lowest BCUT2D eigenvalue weighted by Gasteiger charge is -2.05. The van der Waals surface area contributed by atoms with E-state index in [2.05, 4.69) is 9.98 Å². The van der Waals surface area contributed by atoms with Crippen LogP contribution in [0.3, 0.4) is 0 Å². The molecule has 0 bridgehead atoms. The van der Waals surface area contributed by atoms with E-state index in [1.165, 1.54) is 0 Å². The fourth-order valence-electron chi connectivity index (χ4n) is 2.48. The number of ether oxygens (including phenoxy) is 4. The Morgan fingerprint density at radius 1 is 0.710 bits per heavy atom. The summed E-state index contributed by atoms with van der Waals surface area (Å²) < 4.78 is 21.5. The van der Waals surface area contributed by atoms with Crippen LogP contribution in [0.25, 0.3) is 0 Å². The molecule has 0 saturated carbocycles. The molecule has 0 heterocycles. The lowest BCUT2D eigenvalue weighted by atomic mass is 10.2. The monoisotopic (exact) mass is 426 g/mol. The zero-order valence-electron chi connectivity index (χ0n) is 17.9. The first kappa shape index (κ1) is 24.4. The topological polar surface area (TPSA) is 78.7 Å². The Balaban J connectivity index is 1.37. The average Bonchev–Trinajstić information content (AvgIpc) is 2.82. The van der Waals surface area contributed by atoms with Gasteiger partial charge in [0.25, 0.3) is 0 Å². The molecular formula is C24H30N2O5. The number of carbonyl (C=O) groups excluding carboxylic acids is 1. The quantitative estimate of drug-likeness (QED) is 0.233. The third-order valence-corrected chi connectivity index (χ3v) is 4.15. The lowest BCUT2D eigenvalue weighted by Crippen LogP contribution is -2.10. The van der Waals surface area contributed by atoms with Crippen LogP contribution >= 0.6 is 0 Å². The maximum atomic E-state index is 10.6. The molecule has 2 rings (SSSR count). The van der Waals surface area contributed by atoms with Crippen molar-refractivity contribution >= 4 is 18.7 Å². The molecule has 2 aromatic rings. The van der Waals surface area contributed by atoms with Gasteiger partial charge in [-0.05, 0) is 41.8 Å². The van der Waals surface area contributed by atoms with E-state index in [0.29, 0.717) is 38.6 Å². The second-order valence-corrected chi connectivity index (χ2v) is 6.52. The molecule has 7 heteroatoms. The van der Waals surface area contributed by atoms with Crippen LogP contribution in [-0.4, -0.2) is 72.1 Å². The third kappa shape index (κ3) is 11.2. The summed E-state index contributed by atoms with van der Waals surface area (Å²) in [4.78, 5) is 19.2.